The van der Waals surface area contributed by atoms with Crippen LogP contribution < -0.4 is 5.32 Å². The third kappa shape index (κ3) is 7.44. The van der Waals surface area contributed by atoms with Gasteiger partial charge in [0.1, 0.15) is 6.04 Å². The maximum atomic E-state index is 13.5. The number of hydrogen-bond donors (Lipinski definition) is 1. The lowest BCUT2D eigenvalue weighted by Crippen LogP contribution is -2.57. The van der Waals surface area contributed by atoms with Crippen LogP contribution in [0.3, 0.4) is 0 Å². The fourth-order valence-corrected chi connectivity index (χ4v) is 3.94. The van der Waals surface area contributed by atoms with Crippen molar-refractivity contribution in [3.8, 4) is 0 Å². The molecule has 1 N–H and O–H groups in total. The minimum Gasteiger partial charge on any atom is -0.463 e. The van der Waals surface area contributed by atoms with Gasteiger partial charge in [0.25, 0.3) is 0 Å². The predicted molar refractivity (Wildman–Crippen MR) is 120 cm³/mol. The molecular formula is C24H42N2O4. The number of rotatable bonds is 8. The third-order valence-electron chi connectivity index (χ3n) is 5.87. The van der Waals surface area contributed by atoms with Crippen molar-refractivity contribution < 1.29 is 19.1 Å². The first-order valence-corrected chi connectivity index (χ1v) is 11.3. The average Bonchev–Trinajstić information content (AvgIpc) is 2.68. The van der Waals surface area contributed by atoms with Gasteiger partial charge in [-0.25, -0.2) is 4.79 Å². The zero-order chi connectivity index (χ0) is 23.1. The standard InChI is InChI=1S/C24H42N2O4/c1-9-30-23(29)17(4)15-19(16(2)3)26(8)22(28)20(24(5,6)7)25-21(27)18-13-11-10-12-14-18/h15-16,18-20H,9-14H2,1-8H3,(H,25,27)/b17-15+. The van der Waals surface area contributed by atoms with Crippen molar-refractivity contribution in [2.45, 2.75) is 92.7 Å². The summed E-state index contributed by atoms with van der Waals surface area (Å²) in [6.45, 7) is 13.7. The molecule has 0 saturated heterocycles. The van der Waals surface area contributed by atoms with Gasteiger partial charge in [0.2, 0.25) is 11.8 Å². The van der Waals surface area contributed by atoms with E-state index in [1.54, 1.807) is 31.9 Å². The van der Waals surface area contributed by atoms with Gasteiger partial charge in [-0.15, -0.1) is 0 Å². The van der Waals surface area contributed by atoms with Crippen LogP contribution in [0.15, 0.2) is 11.6 Å². The summed E-state index contributed by atoms with van der Waals surface area (Å²) in [6.07, 6.45) is 6.89. The lowest BCUT2D eigenvalue weighted by molar-refractivity contribution is -0.141. The smallest absolute Gasteiger partial charge is 0.333 e. The summed E-state index contributed by atoms with van der Waals surface area (Å²) in [6, 6.07) is -0.909. The second-order valence-electron chi connectivity index (χ2n) is 9.90. The van der Waals surface area contributed by atoms with Crippen molar-refractivity contribution in [1.82, 2.24) is 10.2 Å². The normalized spacial score (nSPS) is 18.0. The van der Waals surface area contributed by atoms with Crippen LogP contribution in [0.2, 0.25) is 0 Å². The van der Waals surface area contributed by atoms with E-state index in [1.165, 1.54) is 6.42 Å². The number of carbonyl (C=O) groups is 3. The summed E-state index contributed by atoms with van der Waals surface area (Å²) in [4.78, 5) is 40.1. The van der Waals surface area contributed by atoms with E-state index < -0.39 is 11.5 Å². The second kappa shape index (κ2) is 11.5. The second-order valence-corrected chi connectivity index (χ2v) is 9.90. The minimum atomic E-state index is -0.630. The molecule has 0 bridgehead atoms. The zero-order valence-electron chi connectivity index (χ0n) is 20.2. The Hall–Kier alpha value is -1.85. The Morgan fingerprint density at radius 2 is 1.70 bits per heavy atom. The molecule has 0 radical (unpaired) electrons. The van der Waals surface area contributed by atoms with Gasteiger partial charge in [-0.1, -0.05) is 60.0 Å². The van der Waals surface area contributed by atoms with Crippen molar-refractivity contribution in [1.29, 1.82) is 0 Å². The molecule has 1 aliphatic rings. The van der Waals surface area contributed by atoms with E-state index in [4.69, 9.17) is 4.74 Å². The highest BCUT2D eigenvalue weighted by Gasteiger charge is 2.38. The molecule has 1 rings (SSSR count). The monoisotopic (exact) mass is 422 g/mol. The van der Waals surface area contributed by atoms with Gasteiger partial charge in [-0.3, -0.25) is 9.59 Å². The van der Waals surface area contributed by atoms with Crippen molar-refractivity contribution in [3.05, 3.63) is 11.6 Å². The number of hydrogen-bond acceptors (Lipinski definition) is 4. The SMILES string of the molecule is CCOC(=O)/C(C)=C/C(C(C)C)N(C)C(=O)C(NC(=O)C1CCCCC1)C(C)(C)C. The molecule has 30 heavy (non-hydrogen) atoms. The van der Waals surface area contributed by atoms with Crippen LogP contribution in [0.25, 0.3) is 0 Å². The van der Waals surface area contributed by atoms with Gasteiger partial charge < -0.3 is 15.0 Å². The zero-order valence-corrected chi connectivity index (χ0v) is 20.2. The Morgan fingerprint density at radius 3 is 2.17 bits per heavy atom. The number of amides is 2. The Balaban J connectivity index is 3.06. The summed E-state index contributed by atoms with van der Waals surface area (Å²) in [5.74, 6) is -0.442. The maximum absolute atomic E-state index is 13.5. The first-order chi connectivity index (χ1) is 13.9. The number of likely N-dealkylation sites (N-methyl/N-ethyl adjacent to an activating group) is 1. The fraction of sp³-hybridized carbons (Fsp3) is 0.792. The molecule has 1 saturated carbocycles. The highest BCUT2D eigenvalue weighted by atomic mass is 16.5. The van der Waals surface area contributed by atoms with Crippen LogP contribution >= 0.6 is 0 Å². The topological polar surface area (TPSA) is 75.7 Å². The van der Waals surface area contributed by atoms with Crippen molar-refractivity contribution in [3.63, 3.8) is 0 Å². The Morgan fingerprint density at radius 1 is 1.13 bits per heavy atom. The summed E-state index contributed by atoms with van der Waals surface area (Å²) < 4.78 is 5.08. The number of esters is 1. The minimum absolute atomic E-state index is 0.00597. The summed E-state index contributed by atoms with van der Waals surface area (Å²) in [5.41, 5.74) is 0.0469. The van der Waals surface area contributed by atoms with Crippen LogP contribution in [0.5, 0.6) is 0 Å². The molecule has 6 heteroatoms. The molecule has 172 valence electrons. The Kier molecular flexibility index (Phi) is 10.1. The number of ether oxygens (including phenoxy) is 1. The molecule has 0 aromatic carbocycles. The molecule has 2 unspecified atom stereocenters. The molecule has 0 aromatic heterocycles. The third-order valence-corrected chi connectivity index (χ3v) is 5.87. The average molecular weight is 423 g/mol. The van der Waals surface area contributed by atoms with Crippen LogP contribution in [-0.2, 0) is 19.1 Å². The van der Waals surface area contributed by atoms with Gasteiger partial charge in [-0.2, -0.15) is 0 Å². The predicted octanol–water partition coefficient (Wildman–Crippen LogP) is 4.09. The molecule has 1 fully saturated rings. The van der Waals surface area contributed by atoms with E-state index in [1.807, 2.05) is 34.6 Å². The summed E-state index contributed by atoms with van der Waals surface area (Å²) in [5, 5.41) is 3.06. The molecule has 0 heterocycles. The maximum Gasteiger partial charge on any atom is 0.333 e. The van der Waals surface area contributed by atoms with E-state index in [0.717, 1.165) is 25.7 Å². The van der Waals surface area contributed by atoms with Crippen molar-refractivity contribution >= 4 is 17.8 Å². The van der Waals surface area contributed by atoms with Gasteiger partial charge in [0.05, 0.1) is 12.6 Å². The van der Waals surface area contributed by atoms with E-state index in [-0.39, 0.29) is 35.7 Å². The fourth-order valence-electron chi connectivity index (χ4n) is 3.94. The summed E-state index contributed by atoms with van der Waals surface area (Å²) >= 11 is 0. The number of nitrogens with one attached hydrogen (secondary N) is 1. The van der Waals surface area contributed by atoms with E-state index in [9.17, 15) is 14.4 Å². The van der Waals surface area contributed by atoms with Gasteiger partial charge >= 0.3 is 5.97 Å². The quantitative estimate of drug-likeness (QED) is 0.472. The van der Waals surface area contributed by atoms with E-state index in [2.05, 4.69) is 5.32 Å². The Bertz CT molecular complexity index is 628. The van der Waals surface area contributed by atoms with Crippen LogP contribution in [0.1, 0.15) is 80.6 Å². The van der Waals surface area contributed by atoms with Crippen LogP contribution in [0, 0.1) is 17.3 Å². The molecule has 1 aliphatic carbocycles. The van der Waals surface area contributed by atoms with Gasteiger partial charge in [-0.05, 0) is 38.0 Å². The first kappa shape index (κ1) is 26.2. The van der Waals surface area contributed by atoms with E-state index >= 15 is 0 Å². The highest BCUT2D eigenvalue weighted by molar-refractivity contribution is 5.90. The van der Waals surface area contributed by atoms with Crippen molar-refractivity contribution in [2.24, 2.45) is 17.3 Å². The molecule has 0 aromatic rings. The highest BCUT2D eigenvalue weighted by Crippen LogP contribution is 2.27. The number of carbonyl (C=O) groups excluding carboxylic acids is 3. The van der Waals surface area contributed by atoms with Crippen LogP contribution in [0.4, 0.5) is 0 Å². The first-order valence-electron chi connectivity index (χ1n) is 11.3. The van der Waals surface area contributed by atoms with Gasteiger partial charge in [0, 0.05) is 18.5 Å². The molecule has 0 spiro atoms. The lowest BCUT2D eigenvalue weighted by Gasteiger charge is -2.38. The molecule has 0 aliphatic heterocycles. The van der Waals surface area contributed by atoms with E-state index in [0.29, 0.717) is 12.2 Å². The van der Waals surface area contributed by atoms with Crippen LogP contribution in [-0.4, -0.2) is 48.4 Å². The van der Waals surface area contributed by atoms with Crippen molar-refractivity contribution in [2.75, 3.05) is 13.7 Å². The lowest BCUT2D eigenvalue weighted by atomic mass is 9.83. The number of nitrogens with zero attached hydrogens (tertiary/aromatic N) is 1. The largest absolute Gasteiger partial charge is 0.463 e. The Labute approximate surface area is 182 Å². The summed E-state index contributed by atoms with van der Waals surface area (Å²) in [7, 11) is 1.74. The van der Waals surface area contributed by atoms with Gasteiger partial charge in [0.15, 0.2) is 0 Å². The molecule has 2 atom stereocenters. The molecule has 2 amide bonds. The molecular weight excluding hydrogens is 380 g/mol. The molecule has 6 nitrogen and oxygen atoms in total.